The number of carbonyl (C=O) groups is 1. The Bertz CT molecular complexity index is 624. The molecular formula is C28H59NO5Si2. The Labute approximate surface area is 224 Å². The van der Waals surface area contributed by atoms with Crippen LogP contribution in [0.15, 0.2) is 12.2 Å². The van der Waals surface area contributed by atoms with Crippen LogP contribution in [-0.4, -0.2) is 70.9 Å². The molecule has 0 rings (SSSR count). The maximum Gasteiger partial charge on any atom is 0.244 e. The predicted molar refractivity (Wildman–Crippen MR) is 158 cm³/mol. The van der Waals surface area contributed by atoms with E-state index in [1.165, 1.54) is 12.1 Å². The molecule has 36 heavy (non-hydrogen) atoms. The molecule has 0 saturated carbocycles. The summed E-state index contributed by atoms with van der Waals surface area (Å²) in [6, 6.07) is 2.35. The van der Waals surface area contributed by atoms with Crippen LogP contribution < -0.4 is 5.73 Å². The summed E-state index contributed by atoms with van der Waals surface area (Å²) in [6.07, 6.45) is 0.991. The first-order chi connectivity index (χ1) is 16.2. The summed E-state index contributed by atoms with van der Waals surface area (Å²) in [7, 11) is -2.66. The molecule has 0 aliphatic carbocycles. The van der Waals surface area contributed by atoms with Crippen molar-refractivity contribution in [3.05, 3.63) is 12.2 Å². The van der Waals surface area contributed by atoms with E-state index in [1.807, 2.05) is 0 Å². The van der Waals surface area contributed by atoms with E-state index in [0.29, 0.717) is 23.3 Å². The highest BCUT2D eigenvalue weighted by Gasteiger charge is 2.35. The average Bonchev–Trinajstić information content (AvgIpc) is 2.70. The van der Waals surface area contributed by atoms with Crippen LogP contribution in [0, 0.1) is 5.92 Å². The number of hydrogen-bond donors (Lipinski definition) is 3. The highest BCUT2D eigenvalue weighted by Crippen LogP contribution is 2.40. The van der Waals surface area contributed by atoms with Gasteiger partial charge >= 0.3 is 0 Å². The lowest BCUT2D eigenvalue weighted by atomic mass is 9.88. The average molecular weight is 546 g/mol. The zero-order valence-electron chi connectivity index (χ0n) is 25.2. The zero-order valence-corrected chi connectivity index (χ0v) is 27.2. The Morgan fingerprint density at radius 1 is 0.806 bits per heavy atom. The Kier molecular flexibility index (Phi) is 15.0. The van der Waals surface area contributed by atoms with Gasteiger partial charge in [-0.1, -0.05) is 86.4 Å². The molecule has 2 atom stereocenters. The van der Waals surface area contributed by atoms with Crippen molar-refractivity contribution in [3.8, 4) is 0 Å². The molecule has 0 aromatic heterocycles. The van der Waals surface area contributed by atoms with Crippen molar-refractivity contribution in [2.75, 3.05) is 26.4 Å². The van der Waals surface area contributed by atoms with Gasteiger partial charge in [0.25, 0.3) is 0 Å². The van der Waals surface area contributed by atoms with E-state index < -0.39 is 40.2 Å². The van der Waals surface area contributed by atoms with Crippen LogP contribution in [0.3, 0.4) is 0 Å². The molecule has 2 unspecified atom stereocenters. The van der Waals surface area contributed by atoms with Gasteiger partial charge in [-0.05, 0) is 41.7 Å². The van der Waals surface area contributed by atoms with E-state index >= 15 is 0 Å². The molecule has 0 spiro atoms. The molecule has 0 aromatic carbocycles. The van der Waals surface area contributed by atoms with Gasteiger partial charge in [0.05, 0.1) is 41.6 Å². The van der Waals surface area contributed by atoms with Gasteiger partial charge in [0.1, 0.15) is 0 Å². The van der Waals surface area contributed by atoms with Crippen molar-refractivity contribution in [2.24, 2.45) is 11.7 Å². The van der Waals surface area contributed by atoms with Crippen molar-refractivity contribution < 1.29 is 24.5 Å². The molecule has 0 fully saturated rings. The van der Waals surface area contributed by atoms with Crippen LogP contribution in [0.25, 0.3) is 0 Å². The lowest BCUT2D eigenvalue weighted by molar-refractivity contribution is -0.115. The Hall–Kier alpha value is -0.516. The SMILES string of the molecule is C=C(C(N)=O)C(CC(O)COCCC[Si](C)(C)C(C)(C)C)CC(O)COCCC[Si](C)(C)C(C)(C)C. The summed E-state index contributed by atoms with van der Waals surface area (Å²) in [5, 5.41) is 21.7. The monoisotopic (exact) mass is 545 g/mol. The summed E-state index contributed by atoms with van der Waals surface area (Å²) in [5.74, 6) is -1.02. The molecule has 4 N–H and O–H groups in total. The second kappa shape index (κ2) is 15.2. The lowest BCUT2D eigenvalue weighted by Crippen LogP contribution is -2.37. The largest absolute Gasteiger partial charge is 0.391 e. The topological polar surface area (TPSA) is 102 Å². The maximum absolute atomic E-state index is 11.8. The summed E-state index contributed by atoms with van der Waals surface area (Å²) < 4.78 is 11.5. The van der Waals surface area contributed by atoms with Crippen LogP contribution in [-0.2, 0) is 14.3 Å². The standard InChI is InChI=1S/C28H59NO5Si2/c1-22(26(29)32)23(18-24(30)20-33-14-12-16-35(8,9)27(2,3)4)19-25(31)21-34-15-13-17-36(10,11)28(5,6)7/h23-25,30-31H,1,12-21H2,2-11H3,(H2,29,32). The predicted octanol–water partition coefficient (Wildman–Crippen LogP) is 5.98. The van der Waals surface area contributed by atoms with Gasteiger partial charge in [0, 0.05) is 18.8 Å². The fraction of sp³-hybridized carbons (Fsp3) is 0.893. The van der Waals surface area contributed by atoms with Gasteiger partial charge in [-0.15, -0.1) is 0 Å². The first kappa shape index (κ1) is 35.5. The molecule has 0 aliphatic rings. The number of aliphatic hydroxyl groups is 2. The highest BCUT2D eigenvalue weighted by atomic mass is 28.3. The lowest BCUT2D eigenvalue weighted by Gasteiger charge is -2.37. The molecule has 0 aromatic rings. The first-order valence-corrected chi connectivity index (χ1v) is 20.1. The Morgan fingerprint density at radius 2 is 1.14 bits per heavy atom. The van der Waals surface area contributed by atoms with Gasteiger partial charge in [-0.2, -0.15) is 0 Å². The molecule has 0 saturated heterocycles. The van der Waals surface area contributed by atoms with E-state index in [-0.39, 0.29) is 31.6 Å². The summed E-state index contributed by atoms with van der Waals surface area (Å²) >= 11 is 0. The van der Waals surface area contributed by atoms with Gasteiger partial charge < -0.3 is 25.4 Å². The van der Waals surface area contributed by atoms with Gasteiger partial charge in [-0.3, -0.25) is 4.79 Å². The number of hydrogen-bond acceptors (Lipinski definition) is 5. The third-order valence-corrected chi connectivity index (χ3v) is 20.1. The number of ether oxygens (including phenoxy) is 2. The normalized spacial score (nSPS) is 16.0. The minimum absolute atomic E-state index is 0.195. The molecule has 6 nitrogen and oxygen atoms in total. The smallest absolute Gasteiger partial charge is 0.244 e. The number of nitrogens with two attached hydrogens (primary N) is 1. The third-order valence-electron chi connectivity index (χ3n) is 8.78. The summed E-state index contributed by atoms with van der Waals surface area (Å²) in [5.41, 5.74) is 5.69. The van der Waals surface area contributed by atoms with Crippen LogP contribution >= 0.6 is 0 Å². The molecule has 8 heteroatoms. The van der Waals surface area contributed by atoms with Gasteiger partial charge in [-0.25, -0.2) is 0 Å². The number of carbonyl (C=O) groups excluding carboxylic acids is 1. The quantitative estimate of drug-likeness (QED) is 0.112. The van der Waals surface area contributed by atoms with E-state index in [0.717, 1.165) is 12.8 Å². The number of rotatable bonds is 18. The molecule has 0 bridgehead atoms. The second-order valence-electron chi connectivity index (χ2n) is 14.0. The van der Waals surface area contributed by atoms with Crippen LogP contribution in [0.1, 0.15) is 67.2 Å². The molecule has 1 amide bonds. The van der Waals surface area contributed by atoms with Crippen LogP contribution in [0.5, 0.6) is 0 Å². The summed E-state index contributed by atoms with van der Waals surface area (Å²) in [4.78, 5) is 11.8. The zero-order chi connectivity index (χ0) is 28.4. The van der Waals surface area contributed by atoms with E-state index in [4.69, 9.17) is 15.2 Å². The van der Waals surface area contributed by atoms with Crippen LogP contribution in [0.2, 0.25) is 48.4 Å². The third kappa shape index (κ3) is 13.3. The molecule has 0 heterocycles. The van der Waals surface area contributed by atoms with Crippen molar-refractivity contribution in [1.29, 1.82) is 0 Å². The van der Waals surface area contributed by atoms with Crippen molar-refractivity contribution >= 4 is 22.1 Å². The van der Waals surface area contributed by atoms with E-state index in [2.05, 4.69) is 74.3 Å². The Morgan fingerprint density at radius 3 is 1.42 bits per heavy atom. The van der Waals surface area contributed by atoms with Crippen molar-refractivity contribution in [3.63, 3.8) is 0 Å². The number of amides is 1. The fourth-order valence-electron chi connectivity index (χ4n) is 3.80. The van der Waals surface area contributed by atoms with Gasteiger partial charge in [0.2, 0.25) is 5.91 Å². The maximum atomic E-state index is 11.8. The van der Waals surface area contributed by atoms with E-state index in [1.54, 1.807) is 0 Å². The molecular weight excluding hydrogens is 486 g/mol. The summed E-state index contributed by atoms with van der Waals surface area (Å²) in [6.45, 7) is 28.9. The molecule has 214 valence electrons. The van der Waals surface area contributed by atoms with E-state index in [9.17, 15) is 15.0 Å². The minimum atomic E-state index is -1.33. The Balaban J connectivity index is 4.52. The first-order valence-electron chi connectivity index (χ1n) is 13.7. The molecule has 0 radical (unpaired) electrons. The minimum Gasteiger partial charge on any atom is -0.391 e. The van der Waals surface area contributed by atoms with Crippen molar-refractivity contribution in [2.45, 2.75) is 128 Å². The number of aliphatic hydroxyl groups excluding tert-OH is 2. The van der Waals surface area contributed by atoms with Gasteiger partial charge in [0.15, 0.2) is 0 Å². The van der Waals surface area contributed by atoms with Crippen LogP contribution in [0.4, 0.5) is 0 Å². The molecule has 0 aliphatic heterocycles. The second-order valence-corrected chi connectivity index (χ2v) is 25.5. The fourth-order valence-corrected chi connectivity index (χ4v) is 7.35. The number of primary amides is 1. The highest BCUT2D eigenvalue weighted by molar-refractivity contribution is 6.80. The van der Waals surface area contributed by atoms with Crippen molar-refractivity contribution in [1.82, 2.24) is 0 Å².